The van der Waals surface area contributed by atoms with Crippen LogP contribution in [0.15, 0.2) is 27.9 Å². The van der Waals surface area contributed by atoms with Crippen LogP contribution < -0.4 is 15.0 Å². The monoisotopic (exact) mass is 465 g/mol. The minimum absolute atomic E-state index is 0.0900. The highest BCUT2D eigenvalue weighted by Crippen LogP contribution is 2.30. The van der Waals surface area contributed by atoms with E-state index in [1.54, 1.807) is 6.92 Å². The lowest BCUT2D eigenvalue weighted by Crippen LogP contribution is -2.39. The molecular formula is C22H31N3O6S. The number of carbonyl (C=O) groups is 1. The van der Waals surface area contributed by atoms with Crippen LogP contribution in [0.1, 0.15) is 52.3 Å². The van der Waals surface area contributed by atoms with Gasteiger partial charge in [0.05, 0.1) is 29.4 Å². The highest BCUT2D eigenvalue weighted by Gasteiger charge is 2.25. The zero-order valence-electron chi connectivity index (χ0n) is 19.1. The second-order valence-electron chi connectivity index (χ2n) is 7.15. The number of hydrogen-bond acceptors (Lipinski definition) is 7. The molecule has 1 aromatic heterocycles. The predicted octanol–water partition coefficient (Wildman–Crippen LogP) is 2.58. The van der Waals surface area contributed by atoms with Crippen LogP contribution in [0.2, 0.25) is 0 Å². The molecule has 0 saturated carbocycles. The Morgan fingerprint density at radius 1 is 1.19 bits per heavy atom. The van der Waals surface area contributed by atoms with Crippen LogP contribution in [-0.2, 0) is 32.4 Å². The molecule has 0 aliphatic heterocycles. The lowest BCUT2D eigenvalue weighted by atomic mass is 10.1. The van der Waals surface area contributed by atoms with Crippen molar-refractivity contribution in [2.45, 2.75) is 64.8 Å². The predicted molar refractivity (Wildman–Crippen MR) is 121 cm³/mol. The SMILES string of the molecule is CCCOc1ccc(S(=O)(=O)NC(C)C(=O)OCC)cc1-c1nc(CC)c(CC)c(=O)[nH]1. The van der Waals surface area contributed by atoms with Crippen LogP contribution in [0, 0.1) is 0 Å². The topological polar surface area (TPSA) is 127 Å². The van der Waals surface area contributed by atoms with Gasteiger partial charge in [0.15, 0.2) is 0 Å². The van der Waals surface area contributed by atoms with Gasteiger partial charge in [0.2, 0.25) is 10.0 Å². The molecule has 1 heterocycles. The third-order valence-electron chi connectivity index (χ3n) is 4.74. The second-order valence-corrected chi connectivity index (χ2v) is 8.86. The zero-order valence-corrected chi connectivity index (χ0v) is 20.0. The number of rotatable bonds is 11. The summed E-state index contributed by atoms with van der Waals surface area (Å²) in [5.41, 5.74) is 1.33. The summed E-state index contributed by atoms with van der Waals surface area (Å²) in [6.07, 6.45) is 1.84. The molecule has 176 valence electrons. The summed E-state index contributed by atoms with van der Waals surface area (Å²) in [5, 5.41) is 0. The van der Waals surface area contributed by atoms with Crippen molar-refractivity contribution in [2.75, 3.05) is 13.2 Å². The Hall–Kier alpha value is -2.72. The van der Waals surface area contributed by atoms with Gasteiger partial charge in [-0.25, -0.2) is 13.4 Å². The van der Waals surface area contributed by atoms with Crippen molar-refractivity contribution in [3.8, 4) is 17.1 Å². The van der Waals surface area contributed by atoms with Gasteiger partial charge in [-0.05, 0) is 51.3 Å². The van der Waals surface area contributed by atoms with E-state index in [2.05, 4.69) is 14.7 Å². The van der Waals surface area contributed by atoms with E-state index in [0.717, 1.165) is 6.42 Å². The van der Waals surface area contributed by atoms with Gasteiger partial charge in [-0.15, -0.1) is 0 Å². The molecule has 2 N–H and O–H groups in total. The maximum atomic E-state index is 12.9. The van der Waals surface area contributed by atoms with Gasteiger partial charge in [-0.2, -0.15) is 4.72 Å². The van der Waals surface area contributed by atoms with Gasteiger partial charge in [-0.1, -0.05) is 20.8 Å². The summed E-state index contributed by atoms with van der Waals surface area (Å²) in [6.45, 7) is 9.34. The van der Waals surface area contributed by atoms with Crippen molar-refractivity contribution < 1.29 is 22.7 Å². The van der Waals surface area contributed by atoms with E-state index in [1.165, 1.54) is 25.1 Å². The van der Waals surface area contributed by atoms with Gasteiger partial charge >= 0.3 is 5.97 Å². The second kappa shape index (κ2) is 11.2. The summed E-state index contributed by atoms with van der Waals surface area (Å²) in [5.74, 6) is -0.0442. The molecule has 0 fully saturated rings. The minimum Gasteiger partial charge on any atom is -0.493 e. The lowest BCUT2D eigenvalue weighted by molar-refractivity contribution is -0.144. The number of nitrogens with one attached hydrogen (secondary N) is 2. The number of aromatic amines is 1. The molecular weight excluding hydrogens is 434 g/mol. The van der Waals surface area contributed by atoms with Gasteiger partial charge in [0, 0.05) is 5.56 Å². The van der Waals surface area contributed by atoms with E-state index in [0.29, 0.717) is 42.0 Å². The van der Waals surface area contributed by atoms with Gasteiger partial charge < -0.3 is 14.5 Å². The maximum absolute atomic E-state index is 12.9. The van der Waals surface area contributed by atoms with Crippen LogP contribution in [0.4, 0.5) is 0 Å². The quantitative estimate of drug-likeness (QED) is 0.488. The molecule has 0 spiro atoms. The first kappa shape index (κ1) is 25.5. The lowest BCUT2D eigenvalue weighted by Gasteiger charge is -2.16. The minimum atomic E-state index is -4.06. The first-order chi connectivity index (χ1) is 15.2. The molecule has 2 aromatic rings. The summed E-state index contributed by atoms with van der Waals surface area (Å²) in [4.78, 5) is 31.7. The van der Waals surface area contributed by atoms with Gasteiger partial charge in [0.1, 0.15) is 17.6 Å². The van der Waals surface area contributed by atoms with Gasteiger partial charge in [-0.3, -0.25) is 9.59 Å². The number of sulfonamides is 1. The Labute approximate surface area is 188 Å². The number of H-pyrrole nitrogens is 1. The Morgan fingerprint density at radius 3 is 2.50 bits per heavy atom. The standard InChI is InChI=1S/C22H31N3O6S/c1-6-12-31-19-11-10-15(32(28,29)25-14(5)22(27)30-9-4)13-17(19)20-23-18(8-3)16(7-2)21(26)24-20/h10-11,13-14,25H,6-9,12H2,1-5H3,(H,23,24,26). The summed E-state index contributed by atoms with van der Waals surface area (Å²) in [7, 11) is -4.06. The molecule has 32 heavy (non-hydrogen) atoms. The third-order valence-corrected chi connectivity index (χ3v) is 6.28. The molecule has 1 unspecified atom stereocenters. The number of nitrogens with zero attached hydrogens (tertiary/aromatic N) is 1. The number of aryl methyl sites for hydroxylation is 1. The summed E-state index contributed by atoms with van der Waals surface area (Å²) in [6, 6.07) is 3.23. The normalized spacial score (nSPS) is 12.4. The molecule has 0 radical (unpaired) electrons. The zero-order chi connectivity index (χ0) is 23.9. The van der Waals surface area contributed by atoms with Crippen molar-refractivity contribution in [1.82, 2.24) is 14.7 Å². The van der Waals surface area contributed by atoms with Crippen molar-refractivity contribution in [3.05, 3.63) is 39.8 Å². The average Bonchev–Trinajstić information content (AvgIpc) is 2.76. The highest BCUT2D eigenvalue weighted by atomic mass is 32.2. The number of esters is 1. The van der Waals surface area contributed by atoms with E-state index >= 15 is 0 Å². The Kier molecular flexibility index (Phi) is 8.97. The number of hydrogen-bond donors (Lipinski definition) is 2. The molecule has 0 bridgehead atoms. The smallest absolute Gasteiger partial charge is 0.323 e. The van der Waals surface area contributed by atoms with Crippen molar-refractivity contribution in [3.63, 3.8) is 0 Å². The van der Waals surface area contributed by atoms with E-state index in [1.807, 2.05) is 20.8 Å². The summed E-state index contributed by atoms with van der Waals surface area (Å²) < 4.78 is 38.8. The molecule has 0 amide bonds. The molecule has 10 heteroatoms. The molecule has 1 aromatic carbocycles. The molecule has 0 aliphatic rings. The summed E-state index contributed by atoms with van der Waals surface area (Å²) >= 11 is 0. The van der Waals surface area contributed by atoms with Crippen LogP contribution in [0.3, 0.4) is 0 Å². The van der Waals surface area contributed by atoms with E-state index in [9.17, 15) is 18.0 Å². The largest absolute Gasteiger partial charge is 0.493 e. The first-order valence-corrected chi connectivity index (χ1v) is 12.2. The molecule has 1 atom stereocenters. The van der Waals surface area contributed by atoms with E-state index in [-0.39, 0.29) is 22.9 Å². The highest BCUT2D eigenvalue weighted by molar-refractivity contribution is 7.89. The van der Waals surface area contributed by atoms with Crippen molar-refractivity contribution in [1.29, 1.82) is 0 Å². The fraction of sp³-hybridized carbons (Fsp3) is 0.500. The van der Waals surface area contributed by atoms with Crippen LogP contribution in [0.5, 0.6) is 5.75 Å². The molecule has 9 nitrogen and oxygen atoms in total. The fourth-order valence-electron chi connectivity index (χ4n) is 3.14. The third kappa shape index (κ3) is 5.95. The fourth-order valence-corrected chi connectivity index (χ4v) is 4.36. The Balaban J connectivity index is 2.57. The maximum Gasteiger partial charge on any atom is 0.323 e. The first-order valence-electron chi connectivity index (χ1n) is 10.8. The average molecular weight is 466 g/mol. The van der Waals surface area contributed by atoms with E-state index < -0.39 is 22.0 Å². The number of benzene rings is 1. The Bertz CT molecular complexity index is 1110. The molecule has 0 saturated heterocycles. The van der Waals surface area contributed by atoms with E-state index in [4.69, 9.17) is 9.47 Å². The molecule has 0 aliphatic carbocycles. The van der Waals surface area contributed by atoms with Crippen LogP contribution in [0.25, 0.3) is 11.4 Å². The van der Waals surface area contributed by atoms with Crippen molar-refractivity contribution >= 4 is 16.0 Å². The molecule has 2 rings (SSSR count). The number of aromatic nitrogens is 2. The number of carbonyl (C=O) groups excluding carboxylic acids is 1. The van der Waals surface area contributed by atoms with Crippen LogP contribution >= 0.6 is 0 Å². The number of ether oxygens (including phenoxy) is 2. The Morgan fingerprint density at radius 2 is 1.91 bits per heavy atom. The van der Waals surface area contributed by atoms with Gasteiger partial charge in [0.25, 0.3) is 5.56 Å². The van der Waals surface area contributed by atoms with Crippen molar-refractivity contribution in [2.24, 2.45) is 0 Å². The van der Waals surface area contributed by atoms with Crippen LogP contribution in [-0.4, -0.2) is 43.6 Å².